The Morgan fingerprint density at radius 1 is 1.17 bits per heavy atom. The fourth-order valence-corrected chi connectivity index (χ4v) is 2.57. The van der Waals surface area contributed by atoms with Gasteiger partial charge in [0.05, 0.1) is 31.7 Å². The van der Waals surface area contributed by atoms with Gasteiger partial charge < -0.3 is 10.5 Å². The van der Waals surface area contributed by atoms with Gasteiger partial charge in [0.15, 0.2) is 5.78 Å². The second-order valence-electron chi connectivity index (χ2n) is 6.09. The van der Waals surface area contributed by atoms with Gasteiger partial charge in [0.1, 0.15) is 17.3 Å². The predicted molar refractivity (Wildman–Crippen MR) is 88.6 cm³/mol. The van der Waals surface area contributed by atoms with Gasteiger partial charge in [-0.2, -0.15) is 0 Å². The molecule has 6 heteroatoms. The number of hydrogen-bond acceptors (Lipinski definition) is 6. The highest BCUT2D eigenvalue weighted by molar-refractivity contribution is 6.49. The first-order valence-corrected chi connectivity index (χ1v) is 7.28. The van der Waals surface area contributed by atoms with Crippen LogP contribution in [0.3, 0.4) is 0 Å². The Labute approximate surface area is 134 Å². The molecule has 0 radical (unpaired) electrons. The van der Waals surface area contributed by atoms with E-state index in [-0.39, 0.29) is 5.78 Å². The van der Waals surface area contributed by atoms with Crippen LogP contribution in [0, 0.1) is 5.41 Å². The lowest BCUT2D eigenvalue weighted by atomic mass is 9.86. The molecular formula is C17H18N4O2. The van der Waals surface area contributed by atoms with Crippen molar-refractivity contribution in [2.45, 2.75) is 13.8 Å². The van der Waals surface area contributed by atoms with Crippen LogP contribution in [0.15, 0.2) is 35.6 Å². The molecule has 1 aromatic heterocycles. The van der Waals surface area contributed by atoms with E-state index in [1.807, 2.05) is 32.0 Å². The van der Waals surface area contributed by atoms with Crippen molar-refractivity contribution in [1.82, 2.24) is 9.97 Å². The molecule has 0 saturated heterocycles. The minimum atomic E-state index is -0.475. The van der Waals surface area contributed by atoms with Crippen LogP contribution in [0.25, 0.3) is 11.3 Å². The van der Waals surface area contributed by atoms with E-state index in [1.165, 1.54) is 6.20 Å². The average Bonchev–Trinajstić information content (AvgIpc) is 2.81. The molecule has 1 aliphatic heterocycles. The van der Waals surface area contributed by atoms with Crippen molar-refractivity contribution < 1.29 is 9.53 Å². The molecule has 2 heterocycles. The summed E-state index contributed by atoms with van der Waals surface area (Å²) in [5, 5.41) is 0. The van der Waals surface area contributed by atoms with Crippen molar-refractivity contribution in [3.8, 4) is 17.0 Å². The number of para-hydroxylation sites is 1. The van der Waals surface area contributed by atoms with Crippen molar-refractivity contribution in [2.24, 2.45) is 10.4 Å². The number of ether oxygens (including phenoxy) is 1. The molecule has 1 aromatic carbocycles. The lowest BCUT2D eigenvalue weighted by Crippen LogP contribution is -2.27. The Morgan fingerprint density at radius 2 is 1.91 bits per heavy atom. The quantitative estimate of drug-likeness (QED) is 0.938. The Hall–Kier alpha value is -2.76. The summed E-state index contributed by atoms with van der Waals surface area (Å²) in [5.74, 6) is 0.939. The number of carbonyl (C=O) groups is 1. The first-order valence-electron chi connectivity index (χ1n) is 7.28. The van der Waals surface area contributed by atoms with Crippen molar-refractivity contribution in [1.29, 1.82) is 0 Å². The number of anilines is 1. The molecule has 0 aliphatic carbocycles. The molecule has 0 fully saturated rings. The number of carbonyl (C=O) groups excluding carboxylic acids is 1. The Bertz CT molecular complexity index is 795. The lowest BCUT2D eigenvalue weighted by Gasteiger charge is -2.16. The summed E-state index contributed by atoms with van der Waals surface area (Å²) in [5.41, 5.74) is 7.62. The van der Waals surface area contributed by atoms with Crippen LogP contribution in [0.1, 0.15) is 19.4 Å². The maximum Gasteiger partial charge on any atom is 0.188 e. The number of aliphatic imine (C=N–C) groups is 1. The van der Waals surface area contributed by atoms with Gasteiger partial charge in [-0.25, -0.2) is 4.98 Å². The van der Waals surface area contributed by atoms with Crippen LogP contribution in [-0.2, 0) is 4.79 Å². The van der Waals surface area contributed by atoms with E-state index in [4.69, 9.17) is 10.5 Å². The monoisotopic (exact) mass is 310 g/mol. The summed E-state index contributed by atoms with van der Waals surface area (Å²) < 4.78 is 5.56. The second-order valence-corrected chi connectivity index (χ2v) is 6.09. The lowest BCUT2D eigenvalue weighted by molar-refractivity contribution is -0.118. The van der Waals surface area contributed by atoms with Crippen molar-refractivity contribution in [2.75, 3.05) is 19.4 Å². The van der Waals surface area contributed by atoms with E-state index in [9.17, 15) is 4.79 Å². The van der Waals surface area contributed by atoms with Gasteiger partial charge in [0, 0.05) is 16.5 Å². The Kier molecular flexibility index (Phi) is 3.60. The molecule has 6 nitrogen and oxygen atoms in total. The smallest absolute Gasteiger partial charge is 0.188 e. The topological polar surface area (TPSA) is 90.5 Å². The molecule has 3 rings (SSSR count). The number of rotatable bonds is 3. The first-order chi connectivity index (χ1) is 10.9. The molecule has 0 unspecified atom stereocenters. The molecular weight excluding hydrogens is 292 g/mol. The summed E-state index contributed by atoms with van der Waals surface area (Å²) in [7, 11) is 1.57. The zero-order chi connectivity index (χ0) is 16.6. The summed E-state index contributed by atoms with van der Waals surface area (Å²) in [6.45, 7) is 4.28. The van der Waals surface area contributed by atoms with Crippen molar-refractivity contribution in [3.63, 3.8) is 0 Å². The number of Topliss-reactive ketones (excluding diaryl/α,β-unsaturated/α-hetero) is 1. The molecule has 2 N–H and O–H groups in total. The van der Waals surface area contributed by atoms with Gasteiger partial charge >= 0.3 is 0 Å². The first kappa shape index (κ1) is 15.1. The summed E-state index contributed by atoms with van der Waals surface area (Å²) in [6.07, 6.45) is 3.07. The van der Waals surface area contributed by atoms with Crippen LogP contribution in [0.5, 0.6) is 5.75 Å². The molecule has 0 spiro atoms. The SMILES string of the molecule is COc1c(C2=NCC(C)(C)C2=O)cccc1-c1cnc(N)cn1. The van der Waals surface area contributed by atoms with Gasteiger partial charge in [-0.1, -0.05) is 19.9 Å². The summed E-state index contributed by atoms with van der Waals surface area (Å²) in [4.78, 5) is 25.3. The highest BCUT2D eigenvalue weighted by Gasteiger charge is 2.38. The zero-order valence-electron chi connectivity index (χ0n) is 13.3. The van der Waals surface area contributed by atoms with Crippen molar-refractivity contribution in [3.05, 3.63) is 36.2 Å². The molecule has 23 heavy (non-hydrogen) atoms. The van der Waals surface area contributed by atoms with Crippen LogP contribution in [-0.4, -0.2) is 35.1 Å². The van der Waals surface area contributed by atoms with E-state index in [2.05, 4.69) is 15.0 Å². The average molecular weight is 310 g/mol. The van der Waals surface area contributed by atoms with Gasteiger partial charge in [-0.3, -0.25) is 14.8 Å². The van der Waals surface area contributed by atoms with Gasteiger partial charge in [-0.15, -0.1) is 0 Å². The summed E-state index contributed by atoms with van der Waals surface area (Å²) in [6, 6.07) is 5.56. The van der Waals surface area contributed by atoms with Gasteiger partial charge in [-0.05, 0) is 12.1 Å². The number of nitrogen functional groups attached to an aromatic ring is 1. The van der Waals surface area contributed by atoms with E-state index in [0.29, 0.717) is 35.1 Å². The highest BCUT2D eigenvalue weighted by Crippen LogP contribution is 2.35. The molecule has 0 amide bonds. The number of aromatic nitrogens is 2. The Morgan fingerprint density at radius 3 is 2.48 bits per heavy atom. The highest BCUT2D eigenvalue weighted by atomic mass is 16.5. The fourth-order valence-electron chi connectivity index (χ4n) is 2.57. The maximum absolute atomic E-state index is 12.6. The van der Waals surface area contributed by atoms with Crippen LogP contribution < -0.4 is 10.5 Å². The Balaban J connectivity index is 2.12. The van der Waals surface area contributed by atoms with Crippen LogP contribution in [0.2, 0.25) is 0 Å². The van der Waals surface area contributed by atoms with Gasteiger partial charge in [0.25, 0.3) is 0 Å². The summed E-state index contributed by atoms with van der Waals surface area (Å²) >= 11 is 0. The van der Waals surface area contributed by atoms with Crippen LogP contribution in [0.4, 0.5) is 5.82 Å². The number of ketones is 1. The third kappa shape index (κ3) is 2.56. The largest absolute Gasteiger partial charge is 0.495 e. The second kappa shape index (κ2) is 5.46. The van der Waals surface area contributed by atoms with E-state index in [0.717, 1.165) is 5.56 Å². The third-order valence-corrected chi connectivity index (χ3v) is 3.88. The normalized spacial score (nSPS) is 16.3. The number of nitrogens with zero attached hydrogens (tertiary/aromatic N) is 3. The minimum absolute atomic E-state index is 0.0244. The number of hydrogen-bond donors (Lipinski definition) is 1. The maximum atomic E-state index is 12.6. The van der Waals surface area contributed by atoms with Crippen molar-refractivity contribution >= 4 is 17.3 Å². The molecule has 1 aliphatic rings. The van der Waals surface area contributed by atoms with E-state index in [1.54, 1.807) is 13.3 Å². The molecule has 118 valence electrons. The van der Waals surface area contributed by atoms with E-state index < -0.39 is 5.41 Å². The number of methoxy groups -OCH3 is 1. The van der Waals surface area contributed by atoms with Crippen LogP contribution >= 0.6 is 0 Å². The molecule has 0 bridgehead atoms. The molecule has 0 saturated carbocycles. The minimum Gasteiger partial charge on any atom is -0.495 e. The fraction of sp³-hybridized carbons (Fsp3) is 0.294. The van der Waals surface area contributed by atoms with Gasteiger partial charge in [0.2, 0.25) is 0 Å². The predicted octanol–water partition coefficient (Wildman–Crippen LogP) is 2.13. The standard InChI is InChI=1S/C17H18N4O2/c1-17(2)9-21-14(16(17)22)11-6-4-5-10(15(11)23-3)12-7-20-13(18)8-19-12/h4-8H,9H2,1-3H3,(H2,18,20). The van der Waals surface area contributed by atoms with E-state index >= 15 is 0 Å². The number of nitrogens with two attached hydrogens (primary N) is 1. The zero-order valence-corrected chi connectivity index (χ0v) is 13.3. The molecule has 0 atom stereocenters. The molecule has 2 aromatic rings. The third-order valence-electron chi connectivity index (χ3n) is 3.88. The number of benzene rings is 1.